The smallest absolute Gasteiger partial charge is 0.0285 e. The van der Waals surface area contributed by atoms with Gasteiger partial charge in [0.05, 0.1) is 0 Å². The Morgan fingerprint density at radius 1 is 1.00 bits per heavy atom. The molecule has 0 spiro atoms. The number of hydrogen-bond donors (Lipinski definition) is 0. The molecule has 1 unspecified atom stereocenters. The van der Waals surface area contributed by atoms with Gasteiger partial charge in [-0.2, -0.15) is 0 Å². The van der Waals surface area contributed by atoms with Crippen LogP contribution in [0.2, 0.25) is 0 Å². The Hall–Kier alpha value is 0.360. The number of thiophene rings is 1. The van der Waals surface area contributed by atoms with Crippen LogP contribution >= 0.6 is 59.1 Å². The topological polar surface area (TPSA) is 0 Å². The Morgan fingerprint density at radius 2 is 1.72 bits per heavy atom. The van der Waals surface area contributed by atoms with Crippen LogP contribution in [0.15, 0.2) is 44.7 Å². The maximum atomic E-state index is 3.64. The van der Waals surface area contributed by atoms with E-state index in [1.807, 2.05) is 11.3 Å². The number of halogens is 3. The first kappa shape index (κ1) is 14.8. The average Bonchev–Trinajstić information content (AvgIpc) is 2.77. The van der Waals surface area contributed by atoms with Crippen LogP contribution in [0.4, 0.5) is 0 Å². The molecule has 0 amide bonds. The van der Waals surface area contributed by atoms with Gasteiger partial charge in [0.2, 0.25) is 0 Å². The molecule has 1 aromatic carbocycles. The van der Waals surface area contributed by atoms with Crippen LogP contribution in [0.1, 0.15) is 10.4 Å². The van der Waals surface area contributed by atoms with Crippen molar-refractivity contribution >= 4 is 59.1 Å². The van der Waals surface area contributed by atoms with Gasteiger partial charge in [0.1, 0.15) is 0 Å². The summed E-state index contributed by atoms with van der Waals surface area (Å²) in [6.07, 6.45) is 2.26. The largest absolute Gasteiger partial charge is 0.148 e. The van der Waals surface area contributed by atoms with Gasteiger partial charge in [0.15, 0.2) is 0 Å². The summed E-state index contributed by atoms with van der Waals surface area (Å²) in [4.78, 5) is 1.45. The summed E-state index contributed by atoms with van der Waals surface area (Å²) in [5.41, 5.74) is 1.40. The van der Waals surface area contributed by atoms with Gasteiger partial charge in [-0.05, 0) is 58.5 Å². The summed E-state index contributed by atoms with van der Waals surface area (Å²) in [6.45, 7) is 0. The fourth-order valence-corrected chi connectivity index (χ4v) is 4.17. The summed E-state index contributed by atoms with van der Waals surface area (Å²) in [6, 6.07) is 10.8. The number of alkyl halides is 1. The summed E-state index contributed by atoms with van der Waals surface area (Å²) in [5.74, 6) is 0.650. The van der Waals surface area contributed by atoms with E-state index in [2.05, 4.69) is 83.5 Å². The summed E-state index contributed by atoms with van der Waals surface area (Å²) in [7, 11) is 0. The van der Waals surface area contributed by atoms with Crippen molar-refractivity contribution in [3.05, 3.63) is 55.1 Å². The molecule has 2 rings (SSSR count). The van der Waals surface area contributed by atoms with Gasteiger partial charge >= 0.3 is 0 Å². The zero-order valence-corrected chi connectivity index (χ0v) is 15.3. The van der Waals surface area contributed by atoms with E-state index in [1.165, 1.54) is 14.9 Å². The SMILES string of the molecule is BrCC(Cc1ccc(Br)cc1)Cc1cc(Br)cs1. The molecule has 2 aromatic rings. The molecule has 18 heavy (non-hydrogen) atoms. The van der Waals surface area contributed by atoms with Crippen molar-refractivity contribution < 1.29 is 0 Å². The van der Waals surface area contributed by atoms with Crippen LogP contribution in [0.25, 0.3) is 0 Å². The minimum atomic E-state index is 0.650. The van der Waals surface area contributed by atoms with Crippen LogP contribution in [-0.4, -0.2) is 5.33 Å². The summed E-state index contributed by atoms with van der Waals surface area (Å²) in [5, 5.41) is 3.19. The van der Waals surface area contributed by atoms with Gasteiger partial charge in [-0.1, -0.05) is 44.0 Å². The lowest BCUT2D eigenvalue weighted by Gasteiger charge is -2.13. The highest BCUT2D eigenvalue weighted by Crippen LogP contribution is 2.25. The minimum absolute atomic E-state index is 0.650. The molecule has 1 heterocycles. The van der Waals surface area contributed by atoms with Crippen LogP contribution in [0, 0.1) is 5.92 Å². The highest BCUT2D eigenvalue weighted by molar-refractivity contribution is 9.10. The molecule has 0 aliphatic rings. The lowest BCUT2D eigenvalue weighted by molar-refractivity contribution is 0.596. The molecule has 4 heteroatoms. The van der Waals surface area contributed by atoms with Crippen LogP contribution in [0.3, 0.4) is 0 Å². The molecule has 0 bridgehead atoms. The van der Waals surface area contributed by atoms with Crippen LogP contribution in [0.5, 0.6) is 0 Å². The molecule has 1 atom stereocenters. The van der Waals surface area contributed by atoms with Crippen molar-refractivity contribution in [1.29, 1.82) is 0 Å². The van der Waals surface area contributed by atoms with E-state index in [-0.39, 0.29) is 0 Å². The molecule has 1 aromatic heterocycles. The quantitative estimate of drug-likeness (QED) is 0.483. The Kier molecular flexibility index (Phi) is 5.93. The Labute approximate surface area is 137 Å². The van der Waals surface area contributed by atoms with Crippen molar-refractivity contribution in [3.63, 3.8) is 0 Å². The van der Waals surface area contributed by atoms with E-state index in [1.54, 1.807) is 0 Å². The van der Waals surface area contributed by atoms with Gasteiger partial charge in [-0.25, -0.2) is 0 Å². The highest BCUT2D eigenvalue weighted by Gasteiger charge is 2.11. The lowest BCUT2D eigenvalue weighted by Crippen LogP contribution is -2.09. The van der Waals surface area contributed by atoms with Gasteiger partial charge < -0.3 is 0 Å². The minimum Gasteiger partial charge on any atom is -0.148 e. The lowest BCUT2D eigenvalue weighted by atomic mass is 9.97. The molecule has 0 nitrogen and oxygen atoms in total. The molecule has 0 saturated carbocycles. The van der Waals surface area contributed by atoms with Crippen molar-refractivity contribution in [2.45, 2.75) is 12.8 Å². The van der Waals surface area contributed by atoms with E-state index in [0.29, 0.717) is 5.92 Å². The molecule has 0 N–H and O–H groups in total. The third-order valence-corrected chi connectivity index (χ3v) is 5.93. The van der Waals surface area contributed by atoms with Gasteiger partial charge in [-0.3, -0.25) is 0 Å². The normalized spacial score (nSPS) is 12.6. The van der Waals surface area contributed by atoms with E-state index < -0.39 is 0 Å². The van der Waals surface area contributed by atoms with Gasteiger partial charge in [0, 0.05) is 24.5 Å². The van der Waals surface area contributed by atoms with E-state index in [4.69, 9.17) is 0 Å². The van der Waals surface area contributed by atoms with Crippen LogP contribution < -0.4 is 0 Å². The van der Waals surface area contributed by atoms with Crippen molar-refractivity contribution in [1.82, 2.24) is 0 Å². The maximum absolute atomic E-state index is 3.64. The second-order valence-electron chi connectivity index (χ2n) is 4.29. The molecular formula is C14H13Br3S. The summed E-state index contributed by atoms with van der Waals surface area (Å²) >= 11 is 12.5. The molecule has 0 radical (unpaired) electrons. The Bertz CT molecular complexity index is 490. The first-order chi connectivity index (χ1) is 8.67. The molecule has 0 aliphatic carbocycles. The molecule has 96 valence electrons. The second-order valence-corrected chi connectivity index (χ2v) is 7.76. The zero-order chi connectivity index (χ0) is 13.0. The molecule has 0 aliphatic heterocycles. The van der Waals surface area contributed by atoms with Gasteiger partial charge in [-0.15, -0.1) is 11.3 Å². The van der Waals surface area contributed by atoms with E-state index in [9.17, 15) is 0 Å². The number of hydrogen-bond acceptors (Lipinski definition) is 1. The standard InChI is InChI=1S/C14H13Br3S/c15-8-11(6-14-7-13(17)9-18-14)5-10-1-3-12(16)4-2-10/h1-4,7,9,11H,5-6,8H2. The predicted octanol–water partition coefficient (Wildman–Crippen LogP) is 6.07. The van der Waals surface area contributed by atoms with Crippen molar-refractivity contribution in [2.24, 2.45) is 5.92 Å². The first-order valence-corrected chi connectivity index (χ1v) is 9.29. The van der Waals surface area contributed by atoms with E-state index in [0.717, 1.165) is 22.6 Å². The number of rotatable bonds is 5. The third kappa shape index (κ3) is 4.48. The Balaban J connectivity index is 1.99. The van der Waals surface area contributed by atoms with E-state index >= 15 is 0 Å². The second kappa shape index (κ2) is 7.22. The van der Waals surface area contributed by atoms with Crippen molar-refractivity contribution in [3.8, 4) is 0 Å². The maximum Gasteiger partial charge on any atom is 0.0285 e. The predicted molar refractivity (Wildman–Crippen MR) is 90.9 cm³/mol. The summed E-state index contributed by atoms with van der Waals surface area (Å²) < 4.78 is 2.34. The van der Waals surface area contributed by atoms with Crippen LogP contribution in [-0.2, 0) is 12.8 Å². The number of benzene rings is 1. The highest BCUT2D eigenvalue weighted by atomic mass is 79.9. The third-order valence-electron chi connectivity index (χ3n) is 2.77. The average molecular weight is 453 g/mol. The zero-order valence-electron chi connectivity index (χ0n) is 9.70. The fraction of sp³-hybridized carbons (Fsp3) is 0.286. The van der Waals surface area contributed by atoms with Crippen molar-refractivity contribution in [2.75, 3.05) is 5.33 Å². The van der Waals surface area contributed by atoms with Gasteiger partial charge in [0.25, 0.3) is 0 Å². The molecular weight excluding hydrogens is 440 g/mol. The Morgan fingerprint density at radius 3 is 2.28 bits per heavy atom. The fourth-order valence-electron chi connectivity index (χ4n) is 1.88. The molecule has 0 saturated heterocycles. The first-order valence-electron chi connectivity index (χ1n) is 5.70. The molecule has 0 fully saturated rings. The monoisotopic (exact) mass is 450 g/mol.